The van der Waals surface area contributed by atoms with Crippen LogP contribution in [0.1, 0.15) is 6.42 Å². The van der Waals surface area contributed by atoms with E-state index in [4.69, 9.17) is 0 Å². The first kappa shape index (κ1) is 8.49. The smallest absolute Gasteiger partial charge is 0.317 e. The van der Waals surface area contributed by atoms with E-state index in [1.54, 1.807) is 0 Å². The van der Waals surface area contributed by atoms with E-state index in [1.165, 1.54) is 7.11 Å². The van der Waals surface area contributed by atoms with Gasteiger partial charge in [-0.1, -0.05) is 0 Å². The summed E-state index contributed by atoms with van der Waals surface area (Å²) in [6, 6.07) is 0. The Morgan fingerprint density at radius 2 is 2.45 bits per heavy atom. The highest BCUT2D eigenvalue weighted by atomic mass is 16.5. The molecule has 0 aromatic carbocycles. The van der Waals surface area contributed by atoms with E-state index in [0.29, 0.717) is 13.0 Å². The maximum absolute atomic E-state index is 11.0. The lowest BCUT2D eigenvalue weighted by atomic mass is 9.96. The van der Waals surface area contributed by atoms with Crippen LogP contribution in [0.4, 0.5) is 0 Å². The van der Waals surface area contributed by atoms with Gasteiger partial charge in [0.15, 0.2) is 0 Å². The molecule has 0 radical (unpaired) electrons. The first-order valence-electron chi connectivity index (χ1n) is 3.83. The highest BCUT2D eigenvalue weighted by Gasteiger charge is 2.32. The molecule has 11 heavy (non-hydrogen) atoms. The van der Waals surface area contributed by atoms with Crippen molar-refractivity contribution in [1.29, 1.82) is 0 Å². The Labute approximate surface area is 65.5 Å². The van der Waals surface area contributed by atoms with Crippen LogP contribution in [0.25, 0.3) is 0 Å². The second kappa shape index (κ2) is 3.69. The molecule has 64 valence electrons. The van der Waals surface area contributed by atoms with Crippen molar-refractivity contribution in [3.8, 4) is 0 Å². The minimum absolute atomic E-state index is 0.298. The van der Waals surface area contributed by atoms with Crippen molar-refractivity contribution in [3.63, 3.8) is 0 Å². The number of hydrogen-bond donors (Lipinski definition) is 2. The summed E-state index contributed by atoms with van der Waals surface area (Å²) in [6.07, 6.45) is 0.173. The number of nitrogens with two attached hydrogens (primary N) is 1. The van der Waals surface area contributed by atoms with Gasteiger partial charge in [-0.3, -0.25) is 4.79 Å². The average Bonchev–Trinajstić information content (AvgIpc) is 2.04. The van der Waals surface area contributed by atoms with Gasteiger partial charge in [-0.15, -0.1) is 0 Å². The summed E-state index contributed by atoms with van der Waals surface area (Å²) < 4.78 is 4.54. The molecule has 0 aliphatic carbocycles. The molecule has 2 atom stereocenters. The summed E-state index contributed by atoms with van der Waals surface area (Å²) >= 11 is 0. The van der Waals surface area contributed by atoms with Gasteiger partial charge in [0.25, 0.3) is 0 Å². The van der Waals surface area contributed by atoms with Crippen molar-refractivity contribution in [3.05, 3.63) is 0 Å². The molecule has 1 fully saturated rings. The third-order valence-electron chi connectivity index (χ3n) is 2.06. The lowest BCUT2D eigenvalue weighted by Crippen LogP contribution is -2.89. The van der Waals surface area contributed by atoms with Crippen LogP contribution in [0.3, 0.4) is 0 Å². The summed E-state index contributed by atoms with van der Waals surface area (Å²) in [5, 5.41) is 11.4. The van der Waals surface area contributed by atoms with Crippen LogP contribution < -0.4 is 5.32 Å². The summed E-state index contributed by atoms with van der Waals surface area (Å²) in [5.74, 6) is -0.623. The molecule has 0 aromatic rings. The molecule has 3 N–H and O–H groups in total. The molecule has 0 bridgehead atoms. The van der Waals surface area contributed by atoms with E-state index < -0.39 is 6.10 Å². The van der Waals surface area contributed by atoms with Crippen LogP contribution >= 0.6 is 0 Å². The lowest BCUT2D eigenvalue weighted by molar-refractivity contribution is -0.670. The van der Waals surface area contributed by atoms with Crippen LogP contribution in [0.2, 0.25) is 0 Å². The van der Waals surface area contributed by atoms with E-state index in [-0.39, 0.29) is 11.9 Å². The SMILES string of the molecule is COC(=O)[C@H]1C[NH2+]CC[C@H]1O. The number of methoxy groups -OCH3 is 1. The topological polar surface area (TPSA) is 63.1 Å². The predicted molar refractivity (Wildman–Crippen MR) is 37.8 cm³/mol. The Morgan fingerprint density at radius 3 is 3.00 bits per heavy atom. The maximum Gasteiger partial charge on any atom is 0.317 e. The second-order valence-corrected chi connectivity index (χ2v) is 2.80. The molecule has 1 aliphatic rings. The maximum atomic E-state index is 11.0. The molecular formula is C7H14NO3+. The van der Waals surface area contributed by atoms with Crippen molar-refractivity contribution in [1.82, 2.24) is 0 Å². The third kappa shape index (κ3) is 1.91. The Bertz CT molecular complexity index is 149. The lowest BCUT2D eigenvalue weighted by Gasteiger charge is -2.23. The molecule has 1 aliphatic heterocycles. The van der Waals surface area contributed by atoms with Gasteiger partial charge in [0.05, 0.1) is 26.3 Å². The van der Waals surface area contributed by atoms with E-state index >= 15 is 0 Å². The molecular weight excluding hydrogens is 146 g/mol. The Hall–Kier alpha value is -0.610. The van der Waals surface area contributed by atoms with Crippen molar-refractivity contribution in [2.45, 2.75) is 12.5 Å². The number of aliphatic hydroxyl groups is 1. The summed E-state index contributed by atoms with van der Waals surface area (Å²) in [4.78, 5) is 11.0. The van der Waals surface area contributed by atoms with Crippen molar-refractivity contribution >= 4 is 5.97 Å². The Balaban J connectivity index is 2.47. The number of aliphatic hydroxyl groups excluding tert-OH is 1. The van der Waals surface area contributed by atoms with Gasteiger partial charge >= 0.3 is 5.97 Å². The molecule has 0 amide bonds. The molecule has 1 saturated heterocycles. The minimum atomic E-state index is -0.507. The molecule has 0 aromatic heterocycles. The first-order valence-corrected chi connectivity index (χ1v) is 3.83. The molecule has 1 rings (SSSR count). The minimum Gasteiger partial charge on any atom is -0.469 e. The quantitative estimate of drug-likeness (QED) is 0.441. The highest BCUT2D eigenvalue weighted by Crippen LogP contribution is 2.08. The number of ether oxygens (including phenoxy) is 1. The average molecular weight is 160 g/mol. The normalized spacial score (nSPS) is 31.5. The summed E-state index contributed by atoms with van der Waals surface area (Å²) in [7, 11) is 1.35. The second-order valence-electron chi connectivity index (χ2n) is 2.80. The van der Waals surface area contributed by atoms with Gasteiger partial charge in [-0.05, 0) is 0 Å². The fraction of sp³-hybridized carbons (Fsp3) is 0.857. The van der Waals surface area contributed by atoms with Gasteiger partial charge in [-0.25, -0.2) is 0 Å². The molecule has 0 saturated carbocycles. The van der Waals surface area contributed by atoms with Crippen LogP contribution in [0, 0.1) is 5.92 Å². The fourth-order valence-electron chi connectivity index (χ4n) is 1.35. The van der Waals surface area contributed by atoms with E-state index in [1.807, 2.05) is 5.32 Å². The zero-order valence-electron chi connectivity index (χ0n) is 6.62. The number of piperidine rings is 1. The van der Waals surface area contributed by atoms with Crippen molar-refractivity contribution in [2.24, 2.45) is 5.92 Å². The van der Waals surface area contributed by atoms with E-state index in [0.717, 1.165) is 6.54 Å². The first-order chi connectivity index (χ1) is 5.25. The fourth-order valence-corrected chi connectivity index (χ4v) is 1.35. The zero-order chi connectivity index (χ0) is 8.27. The van der Waals surface area contributed by atoms with Gasteiger partial charge < -0.3 is 15.2 Å². The number of carbonyl (C=O) groups excluding carboxylic acids is 1. The van der Waals surface area contributed by atoms with Crippen molar-refractivity contribution < 1.29 is 20.0 Å². The number of rotatable bonds is 1. The van der Waals surface area contributed by atoms with Gasteiger partial charge in [0, 0.05) is 6.42 Å². The largest absolute Gasteiger partial charge is 0.469 e. The number of hydrogen-bond acceptors (Lipinski definition) is 3. The van der Waals surface area contributed by atoms with Crippen molar-refractivity contribution in [2.75, 3.05) is 20.2 Å². The summed E-state index contributed by atoms with van der Waals surface area (Å²) in [6.45, 7) is 1.54. The molecule has 1 heterocycles. The van der Waals surface area contributed by atoms with E-state index in [2.05, 4.69) is 4.74 Å². The molecule has 0 unspecified atom stereocenters. The van der Waals surface area contributed by atoms with E-state index in [9.17, 15) is 9.90 Å². The molecule has 4 heteroatoms. The van der Waals surface area contributed by atoms with Gasteiger partial charge in [0.2, 0.25) is 0 Å². The monoisotopic (exact) mass is 160 g/mol. The van der Waals surface area contributed by atoms with Gasteiger partial charge in [0.1, 0.15) is 5.92 Å². The van der Waals surface area contributed by atoms with Crippen LogP contribution in [-0.2, 0) is 9.53 Å². The highest BCUT2D eigenvalue weighted by molar-refractivity contribution is 5.73. The predicted octanol–water partition coefficient (Wildman–Crippen LogP) is -1.90. The summed E-state index contributed by atoms with van der Waals surface area (Å²) in [5.41, 5.74) is 0. The van der Waals surface area contributed by atoms with Crippen LogP contribution in [-0.4, -0.2) is 37.4 Å². The van der Waals surface area contributed by atoms with Gasteiger partial charge in [-0.2, -0.15) is 0 Å². The number of esters is 1. The third-order valence-corrected chi connectivity index (χ3v) is 2.06. The van der Waals surface area contributed by atoms with Crippen LogP contribution in [0.5, 0.6) is 0 Å². The molecule has 0 spiro atoms. The van der Waals surface area contributed by atoms with Crippen LogP contribution in [0.15, 0.2) is 0 Å². The Morgan fingerprint density at radius 1 is 1.73 bits per heavy atom. The standard InChI is InChI=1S/C7H13NO3/c1-11-7(10)5-4-8-3-2-6(5)9/h5-6,8-9H,2-4H2,1H3/p+1/t5-,6+/m0/s1. The molecule has 4 nitrogen and oxygen atoms in total. The number of quaternary nitrogens is 1. The number of carbonyl (C=O) groups is 1. The zero-order valence-corrected chi connectivity index (χ0v) is 6.62. The Kier molecular flexibility index (Phi) is 2.84.